The Bertz CT molecular complexity index is 1120. The van der Waals surface area contributed by atoms with E-state index in [1.54, 1.807) is 21.3 Å². The molecule has 0 radical (unpaired) electrons. The van der Waals surface area contributed by atoms with Crippen molar-refractivity contribution in [3.63, 3.8) is 0 Å². The fourth-order valence-electron chi connectivity index (χ4n) is 2.62. The van der Waals surface area contributed by atoms with Gasteiger partial charge in [-0.1, -0.05) is 18.5 Å². The number of esters is 1. The van der Waals surface area contributed by atoms with Crippen LogP contribution in [0.15, 0.2) is 24.3 Å². The number of halogens is 1. The van der Waals surface area contributed by atoms with Gasteiger partial charge in [0, 0.05) is 11.4 Å². The molecule has 4 rings (SSSR count). The molecule has 0 fully saturated rings. The Labute approximate surface area is 152 Å². The molecule has 0 saturated heterocycles. The number of fused-ring (bicyclic) bond motifs is 3. The highest BCUT2D eigenvalue weighted by molar-refractivity contribution is 6.30. The van der Waals surface area contributed by atoms with E-state index in [1.807, 2.05) is 19.1 Å². The second-order valence-electron chi connectivity index (χ2n) is 5.55. The van der Waals surface area contributed by atoms with Gasteiger partial charge in [0.05, 0.1) is 19.2 Å². The molecule has 0 atom stereocenters. The number of carbonyl (C=O) groups is 1. The van der Waals surface area contributed by atoms with Crippen LogP contribution in [-0.2, 0) is 22.4 Å². The highest BCUT2D eigenvalue weighted by Crippen LogP contribution is 2.22. The van der Waals surface area contributed by atoms with E-state index in [1.165, 1.54) is 7.11 Å². The first-order valence-electron chi connectivity index (χ1n) is 7.93. The number of carbonyl (C=O) groups excluding carboxylic acids is 1. The van der Waals surface area contributed by atoms with Crippen molar-refractivity contribution in [1.82, 2.24) is 34.6 Å². The number of benzene rings is 1. The van der Waals surface area contributed by atoms with Crippen molar-refractivity contribution in [2.45, 2.75) is 19.8 Å². The maximum Gasteiger partial charge on any atom is 0.311 e. The fourth-order valence-corrected chi connectivity index (χ4v) is 2.75. The number of aryl methyl sites for hydroxylation is 1. The molecule has 26 heavy (non-hydrogen) atoms. The Morgan fingerprint density at radius 1 is 1.19 bits per heavy atom. The van der Waals surface area contributed by atoms with Gasteiger partial charge >= 0.3 is 5.97 Å². The van der Waals surface area contributed by atoms with Crippen LogP contribution < -0.4 is 0 Å². The Kier molecular flexibility index (Phi) is 4.00. The molecule has 0 saturated carbocycles. The number of nitrogens with zero attached hydrogens (tertiary/aromatic N) is 7. The Balaban J connectivity index is 2.02. The van der Waals surface area contributed by atoms with E-state index < -0.39 is 5.97 Å². The number of aromatic nitrogens is 7. The van der Waals surface area contributed by atoms with E-state index in [0.29, 0.717) is 39.9 Å². The molecule has 0 bridgehead atoms. The lowest BCUT2D eigenvalue weighted by atomic mass is 10.3. The normalized spacial score (nSPS) is 11.3. The van der Waals surface area contributed by atoms with Crippen LogP contribution in [-0.4, -0.2) is 47.7 Å². The van der Waals surface area contributed by atoms with E-state index in [4.69, 9.17) is 16.3 Å². The molecular formula is C16H14ClN7O2. The summed E-state index contributed by atoms with van der Waals surface area (Å²) in [4.78, 5) is 16.1. The predicted octanol–water partition coefficient (Wildman–Crippen LogP) is 1.79. The lowest BCUT2D eigenvalue weighted by Crippen LogP contribution is -2.06. The third-order valence-electron chi connectivity index (χ3n) is 3.91. The van der Waals surface area contributed by atoms with Gasteiger partial charge in [-0.05, 0) is 24.3 Å². The molecule has 3 aromatic heterocycles. The van der Waals surface area contributed by atoms with Crippen molar-refractivity contribution in [2.24, 2.45) is 0 Å². The Morgan fingerprint density at radius 2 is 1.96 bits per heavy atom. The molecule has 0 spiro atoms. The van der Waals surface area contributed by atoms with Crippen LogP contribution in [0.25, 0.3) is 22.6 Å². The molecule has 1 aromatic carbocycles. The van der Waals surface area contributed by atoms with Crippen LogP contribution in [0.1, 0.15) is 18.4 Å². The average Bonchev–Trinajstić information content (AvgIpc) is 3.23. The molecule has 0 aliphatic carbocycles. The predicted molar refractivity (Wildman–Crippen MR) is 93.3 cm³/mol. The van der Waals surface area contributed by atoms with Crippen molar-refractivity contribution in [2.75, 3.05) is 7.11 Å². The molecule has 9 nitrogen and oxygen atoms in total. The smallest absolute Gasteiger partial charge is 0.311 e. The zero-order valence-corrected chi connectivity index (χ0v) is 14.8. The van der Waals surface area contributed by atoms with Gasteiger partial charge in [-0.3, -0.25) is 4.79 Å². The van der Waals surface area contributed by atoms with Crippen molar-refractivity contribution in [3.05, 3.63) is 40.8 Å². The molecule has 0 amide bonds. The first-order valence-corrected chi connectivity index (χ1v) is 8.31. The highest BCUT2D eigenvalue weighted by Gasteiger charge is 2.21. The third kappa shape index (κ3) is 2.66. The minimum absolute atomic E-state index is 0.0247. The summed E-state index contributed by atoms with van der Waals surface area (Å²) in [6.45, 7) is 1.96. The van der Waals surface area contributed by atoms with Crippen molar-refractivity contribution in [1.29, 1.82) is 0 Å². The fraction of sp³-hybridized carbons (Fsp3) is 0.250. The lowest BCUT2D eigenvalue weighted by molar-refractivity contribution is -0.139. The number of rotatable bonds is 4. The van der Waals surface area contributed by atoms with Gasteiger partial charge in [-0.2, -0.15) is 14.6 Å². The number of hydrogen-bond donors (Lipinski definition) is 0. The minimum Gasteiger partial charge on any atom is -0.469 e. The van der Waals surface area contributed by atoms with Gasteiger partial charge < -0.3 is 4.74 Å². The zero-order valence-electron chi connectivity index (χ0n) is 14.0. The molecule has 0 aliphatic heterocycles. The topological polar surface area (TPSA) is 100 Å². The van der Waals surface area contributed by atoms with Crippen LogP contribution >= 0.6 is 11.6 Å². The van der Waals surface area contributed by atoms with Crippen LogP contribution in [0.4, 0.5) is 0 Å². The summed E-state index contributed by atoms with van der Waals surface area (Å²) in [5.74, 6) is 0.599. The molecule has 10 heteroatoms. The number of methoxy groups -OCH3 is 1. The molecule has 132 valence electrons. The zero-order chi connectivity index (χ0) is 18.3. The van der Waals surface area contributed by atoms with Gasteiger partial charge in [0.2, 0.25) is 0 Å². The minimum atomic E-state index is -0.414. The van der Waals surface area contributed by atoms with Gasteiger partial charge in [0.1, 0.15) is 5.69 Å². The van der Waals surface area contributed by atoms with E-state index in [-0.39, 0.29) is 6.42 Å². The number of hydrogen-bond acceptors (Lipinski definition) is 7. The summed E-state index contributed by atoms with van der Waals surface area (Å²) in [5, 5.41) is 18.0. The first-order chi connectivity index (χ1) is 12.6. The van der Waals surface area contributed by atoms with Gasteiger partial charge in [-0.15, -0.1) is 15.3 Å². The SMILES string of the molecule is CCc1nc2nnc3c(CC(=O)OC)nn(-c4ccc(Cl)cc4)c3n2n1. The van der Waals surface area contributed by atoms with Crippen LogP contribution in [0, 0.1) is 0 Å². The highest BCUT2D eigenvalue weighted by atomic mass is 35.5. The van der Waals surface area contributed by atoms with Crippen LogP contribution in [0.5, 0.6) is 0 Å². The molecule has 0 N–H and O–H groups in total. The summed E-state index contributed by atoms with van der Waals surface area (Å²) in [6, 6.07) is 7.16. The largest absolute Gasteiger partial charge is 0.469 e. The molecule has 0 aliphatic rings. The molecule has 0 unspecified atom stereocenters. The van der Waals surface area contributed by atoms with E-state index in [2.05, 4.69) is 25.4 Å². The molecular weight excluding hydrogens is 358 g/mol. The van der Waals surface area contributed by atoms with Crippen molar-refractivity contribution in [3.8, 4) is 5.69 Å². The Hall–Kier alpha value is -3.07. The van der Waals surface area contributed by atoms with E-state index >= 15 is 0 Å². The quantitative estimate of drug-likeness (QED) is 0.504. The summed E-state index contributed by atoms with van der Waals surface area (Å²) in [5.41, 5.74) is 2.23. The van der Waals surface area contributed by atoms with Crippen LogP contribution in [0.3, 0.4) is 0 Å². The maximum absolute atomic E-state index is 11.8. The Morgan fingerprint density at radius 3 is 2.65 bits per heavy atom. The maximum atomic E-state index is 11.8. The van der Waals surface area contributed by atoms with Gasteiger partial charge in [0.15, 0.2) is 17.0 Å². The van der Waals surface area contributed by atoms with Gasteiger partial charge in [0.25, 0.3) is 5.78 Å². The summed E-state index contributed by atoms with van der Waals surface area (Å²) in [6.07, 6.45) is 0.637. The second-order valence-corrected chi connectivity index (χ2v) is 5.99. The third-order valence-corrected chi connectivity index (χ3v) is 4.16. The van der Waals surface area contributed by atoms with E-state index in [9.17, 15) is 4.79 Å². The summed E-state index contributed by atoms with van der Waals surface area (Å²) in [7, 11) is 1.33. The van der Waals surface area contributed by atoms with Crippen molar-refractivity contribution >= 4 is 34.5 Å². The van der Waals surface area contributed by atoms with Gasteiger partial charge in [-0.25, -0.2) is 4.68 Å². The first kappa shape index (κ1) is 16.4. The summed E-state index contributed by atoms with van der Waals surface area (Å²) >= 11 is 5.99. The lowest BCUT2D eigenvalue weighted by Gasteiger charge is -2.03. The van der Waals surface area contributed by atoms with Crippen molar-refractivity contribution < 1.29 is 9.53 Å². The molecule has 3 heterocycles. The average molecular weight is 372 g/mol. The van der Waals surface area contributed by atoms with E-state index in [0.717, 1.165) is 5.69 Å². The second kappa shape index (κ2) is 6.34. The monoisotopic (exact) mass is 371 g/mol. The van der Waals surface area contributed by atoms with Crippen LogP contribution in [0.2, 0.25) is 5.02 Å². The molecule has 4 aromatic rings. The standard InChI is InChI=1S/C16H14ClN7O2/c1-3-12-18-16-20-19-14-11(8-13(25)26-2)21-23(15(14)24(16)22-12)10-6-4-9(17)5-7-10/h4-7H,3,8H2,1-2H3. The number of ether oxygens (including phenoxy) is 1. The summed E-state index contributed by atoms with van der Waals surface area (Å²) < 4.78 is 7.99.